The van der Waals surface area contributed by atoms with E-state index in [0.29, 0.717) is 12.5 Å². The fourth-order valence-electron chi connectivity index (χ4n) is 2.09. The van der Waals surface area contributed by atoms with Gasteiger partial charge in [0.15, 0.2) is 5.96 Å². The van der Waals surface area contributed by atoms with Crippen LogP contribution in [0.4, 0.5) is 5.69 Å². The minimum Gasteiger partial charge on any atom is -0.497 e. The van der Waals surface area contributed by atoms with E-state index in [2.05, 4.69) is 29.4 Å². The van der Waals surface area contributed by atoms with Crippen LogP contribution in [0, 0.1) is 0 Å². The molecule has 0 heterocycles. The Hall–Kier alpha value is -2.49. The Morgan fingerprint density at radius 1 is 1.10 bits per heavy atom. The van der Waals surface area contributed by atoms with Gasteiger partial charge in [0.25, 0.3) is 0 Å². The van der Waals surface area contributed by atoms with Gasteiger partial charge in [-0.2, -0.15) is 0 Å². The topological polar surface area (TPSA) is 59.6 Å². The van der Waals surface area contributed by atoms with Crippen molar-refractivity contribution in [2.45, 2.75) is 19.9 Å². The molecule has 21 heavy (non-hydrogen) atoms. The van der Waals surface area contributed by atoms with Crippen LogP contribution in [0.3, 0.4) is 0 Å². The number of aryl methyl sites for hydroxylation is 1. The lowest BCUT2D eigenvalue weighted by Gasteiger charge is -2.08. The lowest BCUT2D eigenvalue weighted by molar-refractivity contribution is 0.415. The Bertz CT molecular complexity index is 606. The van der Waals surface area contributed by atoms with Crippen LogP contribution < -0.4 is 15.8 Å². The van der Waals surface area contributed by atoms with Crippen molar-refractivity contribution in [3.05, 3.63) is 59.7 Å². The van der Waals surface area contributed by atoms with Gasteiger partial charge < -0.3 is 15.8 Å². The molecule has 0 spiro atoms. The van der Waals surface area contributed by atoms with Crippen molar-refractivity contribution in [2.24, 2.45) is 10.7 Å². The van der Waals surface area contributed by atoms with Crippen LogP contribution in [0.1, 0.15) is 18.1 Å². The van der Waals surface area contributed by atoms with E-state index < -0.39 is 0 Å². The van der Waals surface area contributed by atoms with Crippen molar-refractivity contribution in [2.75, 3.05) is 12.4 Å². The molecule has 0 saturated carbocycles. The lowest BCUT2D eigenvalue weighted by atomic mass is 10.1. The van der Waals surface area contributed by atoms with E-state index in [0.717, 1.165) is 17.9 Å². The van der Waals surface area contributed by atoms with Crippen molar-refractivity contribution in [3.63, 3.8) is 0 Å². The number of ether oxygens (including phenoxy) is 1. The molecular formula is C17H21N3O. The molecule has 0 bridgehead atoms. The number of nitrogens with two attached hydrogens (primary N) is 1. The van der Waals surface area contributed by atoms with Gasteiger partial charge >= 0.3 is 0 Å². The van der Waals surface area contributed by atoms with Gasteiger partial charge in [0, 0.05) is 5.69 Å². The fraction of sp³-hybridized carbons (Fsp3) is 0.235. The van der Waals surface area contributed by atoms with Crippen LogP contribution in [-0.2, 0) is 13.0 Å². The Morgan fingerprint density at radius 3 is 2.38 bits per heavy atom. The lowest BCUT2D eigenvalue weighted by Crippen LogP contribution is -2.22. The largest absolute Gasteiger partial charge is 0.497 e. The molecule has 0 saturated heterocycles. The zero-order chi connectivity index (χ0) is 15.1. The van der Waals surface area contributed by atoms with E-state index in [1.54, 1.807) is 7.11 Å². The van der Waals surface area contributed by atoms with Gasteiger partial charge in [-0.05, 0) is 41.8 Å². The number of aliphatic imine (C=N–C) groups is 1. The minimum absolute atomic E-state index is 0.408. The molecule has 0 atom stereocenters. The number of nitrogens with one attached hydrogen (secondary N) is 1. The van der Waals surface area contributed by atoms with Gasteiger partial charge in [0.05, 0.1) is 13.7 Å². The number of guanidine groups is 1. The third-order valence-electron chi connectivity index (χ3n) is 3.28. The summed E-state index contributed by atoms with van der Waals surface area (Å²) in [6.45, 7) is 2.72. The van der Waals surface area contributed by atoms with Crippen LogP contribution >= 0.6 is 0 Å². The van der Waals surface area contributed by atoms with E-state index >= 15 is 0 Å². The molecule has 4 nitrogen and oxygen atoms in total. The first-order valence-electron chi connectivity index (χ1n) is 7.00. The molecule has 110 valence electrons. The van der Waals surface area contributed by atoms with Crippen molar-refractivity contribution in [1.82, 2.24) is 0 Å². The molecule has 0 aromatic heterocycles. The van der Waals surface area contributed by atoms with E-state index in [9.17, 15) is 0 Å². The van der Waals surface area contributed by atoms with Gasteiger partial charge in [-0.1, -0.05) is 31.2 Å². The SMILES string of the molecule is CCc1ccccc1CN=C(N)Nc1ccc(OC)cc1. The standard InChI is InChI=1S/C17H21N3O/c1-3-13-6-4-5-7-14(13)12-19-17(18)20-15-8-10-16(21-2)11-9-15/h4-11H,3,12H2,1-2H3,(H3,18,19,20). The zero-order valence-electron chi connectivity index (χ0n) is 12.5. The highest BCUT2D eigenvalue weighted by atomic mass is 16.5. The van der Waals surface area contributed by atoms with Gasteiger partial charge in [0.2, 0.25) is 0 Å². The molecule has 2 rings (SSSR count). The van der Waals surface area contributed by atoms with Crippen LogP contribution in [0.15, 0.2) is 53.5 Å². The molecule has 4 heteroatoms. The molecule has 2 aromatic rings. The second-order valence-electron chi connectivity index (χ2n) is 4.68. The third kappa shape index (κ3) is 4.24. The highest BCUT2D eigenvalue weighted by Crippen LogP contribution is 2.15. The van der Waals surface area contributed by atoms with E-state index in [1.807, 2.05) is 36.4 Å². The van der Waals surface area contributed by atoms with Gasteiger partial charge in [-0.3, -0.25) is 0 Å². The molecule has 0 aliphatic carbocycles. The molecule has 2 aromatic carbocycles. The van der Waals surface area contributed by atoms with Crippen molar-refractivity contribution in [1.29, 1.82) is 0 Å². The van der Waals surface area contributed by atoms with E-state index in [-0.39, 0.29) is 0 Å². The summed E-state index contributed by atoms with van der Waals surface area (Å²) in [5.41, 5.74) is 9.32. The summed E-state index contributed by atoms with van der Waals surface area (Å²) in [6.07, 6.45) is 0.998. The Balaban J connectivity index is 2.00. The number of hydrogen-bond donors (Lipinski definition) is 2. The summed E-state index contributed by atoms with van der Waals surface area (Å²) in [5, 5.41) is 3.07. The number of anilines is 1. The Labute approximate surface area is 125 Å². The molecule has 0 aliphatic rings. The summed E-state index contributed by atoms with van der Waals surface area (Å²) in [5.74, 6) is 1.22. The number of nitrogens with zero attached hydrogens (tertiary/aromatic N) is 1. The Morgan fingerprint density at radius 2 is 1.76 bits per heavy atom. The van der Waals surface area contributed by atoms with Gasteiger partial charge in [-0.15, -0.1) is 0 Å². The maximum absolute atomic E-state index is 5.92. The summed E-state index contributed by atoms with van der Waals surface area (Å²) in [4.78, 5) is 4.39. The van der Waals surface area contributed by atoms with Crippen molar-refractivity contribution >= 4 is 11.6 Å². The average Bonchev–Trinajstić information content (AvgIpc) is 2.54. The van der Waals surface area contributed by atoms with Gasteiger partial charge in [0.1, 0.15) is 5.75 Å². The summed E-state index contributed by atoms with van der Waals surface area (Å²) >= 11 is 0. The van der Waals surface area contributed by atoms with Crippen LogP contribution in [0.5, 0.6) is 5.75 Å². The number of benzene rings is 2. The van der Waals surface area contributed by atoms with E-state index in [1.165, 1.54) is 11.1 Å². The summed E-state index contributed by atoms with van der Waals surface area (Å²) < 4.78 is 5.12. The van der Waals surface area contributed by atoms with Crippen molar-refractivity contribution in [3.8, 4) is 5.75 Å². The van der Waals surface area contributed by atoms with Crippen LogP contribution in [-0.4, -0.2) is 13.1 Å². The smallest absolute Gasteiger partial charge is 0.193 e. The molecular weight excluding hydrogens is 262 g/mol. The average molecular weight is 283 g/mol. The first-order chi connectivity index (χ1) is 10.2. The third-order valence-corrected chi connectivity index (χ3v) is 3.28. The maximum atomic E-state index is 5.92. The molecule has 0 aliphatic heterocycles. The second kappa shape index (κ2) is 7.33. The first kappa shape index (κ1) is 14.9. The number of hydrogen-bond acceptors (Lipinski definition) is 2. The second-order valence-corrected chi connectivity index (χ2v) is 4.68. The quantitative estimate of drug-likeness (QED) is 0.654. The molecule has 0 unspecified atom stereocenters. The predicted octanol–water partition coefficient (Wildman–Crippen LogP) is 3.18. The Kier molecular flexibility index (Phi) is 5.21. The zero-order valence-corrected chi connectivity index (χ0v) is 12.5. The monoisotopic (exact) mass is 283 g/mol. The summed E-state index contributed by atoms with van der Waals surface area (Å²) in [6, 6.07) is 15.8. The van der Waals surface area contributed by atoms with Crippen molar-refractivity contribution < 1.29 is 4.74 Å². The molecule has 3 N–H and O–H groups in total. The highest BCUT2D eigenvalue weighted by molar-refractivity contribution is 5.92. The summed E-state index contributed by atoms with van der Waals surface area (Å²) in [7, 11) is 1.64. The van der Waals surface area contributed by atoms with E-state index in [4.69, 9.17) is 10.5 Å². The minimum atomic E-state index is 0.408. The maximum Gasteiger partial charge on any atom is 0.193 e. The molecule has 0 amide bonds. The fourth-order valence-corrected chi connectivity index (χ4v) is 2.09. The molecule has 0 fully saturated rings. The predicted molar refractivity (Wildman–Crippen MR) is 87.8 cm³/mol. The normalized spacial score (nSPS) is 11.2. The highest BCUT2D eigenvalue weighted by Gasteiger charge is 2.00. The van der Waals surface area contributed by atoms with Gasteiger partial charge in [-0.25, -0.2) is 4.99 Å². The first-order valence-corrected chi connectivity index (χ1v) is 7.00. The van der Waals surface area contributed by atoms with Crippen LogP contribution in [0.25, 0.3) is 0 Å². The van der Waals surface area contributed by atoms with Crippen LogP contribution in [0.2, 0.25) is 0 Å². The number of methoxy groups -OCH3 is 1. The molecule has 0 radical (unpaired) electrons. The number of rotatable bonds is 5.